The Morgan fingerprint density at radius 3 is 3.00 bits per heavy atom. The lowest BCUT2D eigenvalue weighted by Gasteiger charge is -1.81. The first-order valence-electron chi connectivity index (χ1n) is 2.86. The molecule has 0 saturated carbocycles. The van der Waals surface area contributed by atoms with E-state index >= 15 is 0 Å². The van der Waals surface area contributed by atoms with Crippen LogP contribution in [0, 0.1) is 0 Å². The summed E-state index contributed by atoms with van der Waals surface area (Å²) in [5, 5.41) is 0. The molecule has 0 aliphatic carbocycles. The van der Waals surface area contributed by atoms with Crippen LogP contribution in [-0.2, 0) is 0 Å². The highest BCUT2D eigenvalue weighted by atomic mass is 79.9. The van der Waals surface area contributed by atoms with Crippen LogP contribution in [0.4, 0.5) is 0 Å². The van der Waals surface area contributed by atoms with Gasteiger partial charge in [0.1, 0.15) is 5.52 Å². The molecule has 0 aromatic carbocycles. The monoisotopic (exact) mass is 233 g/mol. The summed E-state index contributed by atoms with van der Waals surface area (Å²) in [5.41, 5.74) is 1.70. The minimum atomic E-state index is 0. The minimum absolute atomic E-state index is 0. The van der Waals surface area contributed by atoms with Gasteiger partial charge >= 0.3 is 0 Å². The lowest BCUT2D eigenvalue weighted by Crippen LogP contribution is -1.66. The number of nitrogens with zero attached hydrogens (tertiary/aromatic N) is 1. The van der Waals surface area contributed by atoms with Gasteiger partial charge in [0.2, 0.25) is 0 Å². The summed E-state index contributed by atoms with van der Waals surface area (Å²) in [6.45, 7) is 0. The van der Waals surface area contributed by atoms with Crippen molar-refractivity contribution in [2.75, 3.05) is 0 Å². The molecule has 58 valence electrons. The van der Waals surface area contributed by atoms with E-state index in [9.17, 15) is 0 Å². The van der Waals surface area contributed by atoms with Gasteiger partial charge in [-0.2, -0.15) is 0 Å². The van der Waals surface area contributed by atoms with Crippen molar-refractivity contribution in [3.05, 3.63) is 29.1 Å². The Labute approximate surface area is 78.1 Å². The van der Waals surface area contributed by atoms with Gasteiger partial charge in [-0.3, -0.25) is 4.98 Å². The summed E-state index contributed by atoms with van der Waals surface area (Å²) in [7, 11) is 0. The van der Waals surface area contributed by atoms with Crippen molar-refractivity contribution in [1.29, 1.82) is 0 Å². The summed E-state index contributed by atoms with van der Waals surface area (Å²) in [6.07, 6.45) is 1.74. The van der Waals surface area contributed by atoms with Crippen molar-refractivity contribution in [3.63, 3.8) is 0 Å². The Hall–Kier alpha value is -0.540. The van der Waals surface area contributed by atoms with Gasteiger partial charge < -0.3 is 4.42 Å². The van der Waals surface area contributed by atoms with Crippen LogP contribution in [0.15, 0.2) is 33.5 Å². The van der Waals surface area contributed by atoms with E-state index in [1.54, 1.807) is 6.20 Å². The molecular formula is C7H5BrClNO. The Morgan fingerprint density at radius 1 is 1.45 bits per heavy atom. The van der Waals surface area contributed by atoms with Crippen molar-refractivity contribution in [2.45, 2.75) is 0 Å². The molecule has 0 saturated heterocycles. The zero-order valence-electron chi connectivity index (χ0n) is 5.45. The van der Waals surface area contributed by atoms with E-state index in [1.165, 1.54) is 0 Å². The number of pyridine rings is 1. The molecule has 0 atom stereocenters. The normalized spacial score (nSPS) is 9.55. The second-order valence-electron chi connectivity index (χ2n) is 1.94. The van der Waals surface area contributed by atoms with E-state index in [2.05, 4.69) is 20.9 Å². The van der Waals surface area contributed by atoms with Crippen molar-refractivity contribution in [1.82, 2.24) is 4.98 Å². The molecule has 2 aromatic heterocycles. The zero-order valence-corrected chi connectivity index (χ0v) is 7.85. The minimum Gasteiger partial charge on any atom is -0.448 e. The number of hydrogen-bond acceptors (Lipinski definition) is 2. The number of fused-ring (bicyclic) bond motifs is 1. The molecule has 2 heterocycles. The van der Waals surface area contributed by atoms with Crippen LogP contribution in [0.25, 0.3) is 11.1 Å². The average Bonchev–Trinajstić information content (AvgIpc) is 2.27. The Balaban J connectivity index is 0.000000605. The van der Waals surface area contributed by atoms with Crippen molar-refractivity contribution in [3.8, 4) is 0 Å². The first-order valence-corrected chi connectivity index (χ1v) is 3.65. The van der Waals surface area contributed by atoms with Crippen LogP contribution in [-0.4, -0.2) is 4.98 Å². The van der Waals surface area contributed by atoms with Gasteiger partial charge in [-0.25, -0.2) is 0 Å². The SMILES string of the molecule is Brc1cc2ncccc2o1.Cl. The second-order valence-corrected chi connectivity index (χ2v) is 2.72. The molecule has 0 radical (unpaired) electrons. The third kappa shape index (κ3) is 1.54. The van der Waals surface area contributed by atoms with Crippen LogP contribution in [0.3, 0.4) is 0 Å². The lowest BCUT2D eigenvalue weighted by atomic mass is 10.4. The van der Waals surface area contributed by atoms with Gasteiger partial charge in [0.25, 0.3) is 0 Å². The fraction of sp³-hybridized carbons (Fsp3) is 0. The lowest BCUT2D eigenvalue weighted by molar-refractivity contribution is 0.587. The van der Waals surface area contributed by atoms with Gasteiger partial charge in [-0.15, -0.1) is 12.4 Å². The molecule has 0 aliphatic rings. The third-order valence-corrected chi connectivity index (χ3v) is 1.65. The average molecular weight is 234 g/mol. The highest BCUT2D eigenvalue weighted by Crippen LogP contribution is 2.20. The van der Waals surface area contributed by atoms with Crippen LogP contribution >= 0.6 is 28.3 Å². The van der Waals surface area contributed by atoms with Gasteiger partial charge in [-0.05, 0) is 28.1 Å². The van der Waals surface area contributed by atoms with E-state index in [0.717, 1.165) is 15.8 Å². The molecule has 2 rings (SSSR count). The highest BCUT2D eigenvalue weighted by molar-refractivity contribution is 9.10. The maximum absolute atomic E-state index is 5.22. The van der Waals surface area contributed by atoms with Crippen LogP contribution in [0.1, 0.15) is 0 Å². The summed E-state index contributed by atoms with van der Waals surface area (Å²) >= 11 is 3.22. The first kappa shape index (κ1) is 8.56. The number of rotatable bonds is 0. The largest absolute Gasteiger partial charge is 0.448 e. The topological polar surface area (TPSA) is 26.0 Å². The fourth-order valence-electron chi connectivity index (χ4n) is 0.839. The Morgan fingerprint density at radius 2 is 2.27 bits per heavy atom. The van der Waals surface area contributed by atoms with E-state index in [1.807, 2.05) is 18.2 Å². The Bertz CT molecular complexity index is 327. The maximum atomic E-state index is 5.22. The highest BCUT2D eigenvalue weighted by Gasteiger charge is 1.98. The maximum Gasteiger partial charge on any atom is 0.172 e. The molecular weight excluding hydrogens is 229 g/mol. The first-order chi connectivity index (χ1) is 4.86. The van der Waals surface area contributed by atoms with Crippen LogP contribution in [0.5, 0.6) is 0 Å². The Kier molecular flexibility index (Phi) is 2.52. The molecule has 4 heteroatoms. The second kappa shape index (κ2) is 3.24. The smallest absolute Gasteiger partial charge is 0.172 e. The van der Waals surface area contributed by atoms with Crippen LogP contribution < -0.4 is 0 Å². The van der Waals surface area contributed by atoms with Gasteiger partial charge in [0.15, 0.2) is 10.3 Å². The zero-order chi connectivity index (χ0) is 6.97. The standard InChI is InChI=1S/C7H4BrNO.ClH/c8-7-4-5-6(10-7)2-1-3-9-5;/h1-4H;1H. The molecule has 0 bridgehead atoms. The van der Waals surface area contributed by atoms with Crippen molar-refractivity contribution < 1.29 is 4.42 Å². The van der Waals surface area contributed by atoms with Crippen molar-refractivity contribution >= 4 is 39.4 Å². The third-order valence-electron chi connectivity index (χ3n) is 1.26. The van der Waals surface area contributed by atoms with E-state index < -0.39 is 0 Å². The predicted octanol–water partition coefficient (Wildman–Crippen LogP) is 3.01. The van der Waals surface area contributed by atoms with Crippen LogP contribution in [0.2, 0.25) is 0 Å². The predicted molar refractivity (Wildman–Crippen MR) is 49.0 cm³/mol. The number of aromatic nitrogens is 1. The number of halogens is 2. The van der Waals surface area contributed by atoms with Gasteiger partial charge in [0, 0.05) is 12.3 Å². The van der Waals surface area contributed by atoms with Crippen molar-refractivity contribution in [2.24, 2.45) is 0 Å². The molecule has 0 N–H and O–H groups in total. The molecule has 0 unspecified atom stereocenters. The van der Waals surface area contributed by atoms with E-state index in [4.69, 9.17) is 4.42 Å². The number of hydrogen-bond donors (Lipinski definition) is 0. The molecule has 0 aliphatic heterocycles. The summed E-state index contributed by atoms with van der Waals surface area (Å²) in [6, 6.07) is 5.57. The molecule has 0 amide bonds. The fourth-order valence-corrected chi connectivity index (χ4v) is 1.23. The quantitative estimate of drug-likeness (QED) is 0.700. The molecule has 0 fully saturated rings. The molecule has 11 heavy (non-hydrogen) atoms. The summed E-state index contributed by atoms with van der Waals surface area (Å²) in [5.74, 6) is 0. The summed E-state index contributed by atoms with van der Waals surface area (Å²) < 4.78 is 5.95. The van der Waals surface area contributed by atoms with E-state index in [0.29, 0.717) is 0 Å². The summed E-state index contributed by atoms with van der Waals surface area (Å²) in [4.78, 5) is 4.08. The molecule has 2 nitrogen and oxygen atoms in total. The van der Waals surface area contributed by atoms with E-state index in [-0.39, 0.29) is 12.4 Å². The number of furan rings is 1. The molecule has 2 aromatic rings. The van der Waals surface area contributed by atoms with Gasteiger partial charge in [-0.1, -0.05) is 0 Å². The molecule has 0 spiro atoms. The van der Waals surface area contributed by atoms with Gasteiger partial charge in [0.05, 0.1) is 0 Å².